The Balaban J connectivity index is 1.69. The molecular weight excluding hydrogens is 444 g/mol. The Labute approximate surface area is 184 Å². The van der Waals surface area contributed by atoms with Crippen LogP contribution in [0, 0.1) is 5.41 Å². The predicted octanol–water partition coefficient (Wildman–Crippen LogP) is 3.98. The van der Waals surface area contributed by atoms with Crippen LogP contribution < -0.4 is 9.77 Å². The molecule has 0 saturated carbocycles. The molecule has 0 bridgehead atoms. The van der Waals surface area contributed by atoms with E-state index >= 15 is 0 Å². The molecular formula is C21H15ClN2O4S2. The van der Waals surface area contributed by atoms with E-state index in [1.165, 1.54) is 16.7 Å². The van der Waals surface area contributed by atoms with E-state index in [1.54, 1.807) is 48.5 Å². The minimum absolute atomic E-state index is 0.00795. The highest BCUT2D eigenvalue weighted by molar-refractivity contribution is 7.99. The number of phenols is 1. The maximum absolute atomic E-state index is 13.8. The number of imide groups is 1. The van der Waals surface area contributed by atoms with Gasteiger partial charge in [0.1, 0.15) is 5.75 Å². The Morgan fingerprint density at radius 3 is 2.57 bits per heavy atom. The molecule has 6 nitrogen and oxygen atoms in total. The fraction of sp³-hybridized carbons (Fsp3) is 0.190. The van der Waals surface area contributed by atoms with Gasteiger partial charge in [-0.05, 0) is 30.3 Å². The zero-order valence-electron chi connectivity index (χ0n) is 15.4. The number of H-pyrrole nitrogens is 1. The second-order valence-corrected chi connectivity index (χ2v) is 9.77. The van der Waals surface area contributed by atoms with Crippen molar-refractivity contribution in [2.75, 3.05) is 10.7 Å². The first-order chi connectivity index (χ1) is 14.4. The molecule has 152 valence electrons. The lowest BCUT2D eigenvalue weighted by atomic mass is 9.70. The van der Waals surface area contributed by atoms with Gasteiger partial charge in [-0.3, -0.25) is 14.4 Å². The van der Waals surface area contributed by atoms with Crippen molar-refractivity contribution < 1.29 is 14.7 Å². The summed E-state index contributed by atoms with van der Waals surface area (Å²) in [6.07, 6.45) is -0.00795. The van der Waals surface area contributed by atoms with Crippen LogP contribution in [0.2, 0.25) is 5.02 Å². The number of thiazole rings is 1. The number of para-hydroxylation sites is 1. The topological polar surface area (TPSA) is 90.5 Å². The molecule has 2 aliphatic rings. The third-order valence-corrected chi connectivity index (χ3v) is 8.21. The quantitative estimate of drug-likeness (QED) is 0.567. The second-order valence-electron chi connectivity index (χ2n) is 7.33. The van der Waals surface area contributed by atoms with Crippen LogP contribution in [0.5, 0.6) is 5.75 Å². The van der Waals surface area contributed by atoms with Gasteiger partial charge in [0.15, 0.2) is 0 Å². The first kappa shape index (κ1) is 19.4. The van der Waals surface area contributed by atoms with E-state index in [1.807, 2.05) is 0 Å². The van der Waals surface area contributed by atoms with E-state index in [0.29, 0.717) is 31.9 Å². The van der Waals surface area contributed by atoms with Crippen molar-refractivity contribution in [2.45, 2.75) is 17.4 Å². The number of benzene rings is 2. The number of halogens is 1. The van der Waals surface area contributed by atoms with Crippen LogP contribution in [0.1, 0.15) is 22.8 Å². The molecule has 9 heteroatoms. The molecule has 3 aromatic rings. The van der Waals surface area contributed by atoms with Gasteiger partial charge < -0.3 is 10.1 Å². The fourth-order valence-electron chi connectivity index (χ4n) is 4.28. The van der Waals surface area contributed by atoms with E-state index in [2.05, 4.69) is 4.98 Å². The average Bonchev–Trinajstić information content (AvgIpc) is 3.21. The Kier molecular flexibility index (Phi) is 4.53. The van der Waals surface area contributed by atoms with Gasteiger partial charge in [-0.1, -0.05) is 41.1 Å². The van der Waals surface area contributed by atoms with E-state index in [-0.39, 0.29) is 28.9 Å². The standard InChI is InChI=1S/C21H15ClN2O4S2/c22-11-5-7-12(8-6-11)24-15(26)9-21(19(24)27)10-29-18-17(30-20(28)23-18)16(21)13-3-1-2-4-14(13)25/h1-8,16,25H,9-10H2,(H,23,28)/t16-,21-/m1/s1. The summed E-state index contributed by atoms with van der Waals surface area (Å²) < 4.78 is 0. The fourth-order valence-corrected chi connectivity index (χ4v) is 6.96. The summed E-state index contributed by atoms with van der Waals surface area (Å²) in [4.78, 5) is 43.4. The second kappa shape index (κ2) is 7.01. The molecule has 0 unspecified atom stereocenters. The molecule has 0 aliphatic carbocycles. The molecule has 1 fully saturated rings. The Morgan fingerprint density at radius 2 is 1.83 bits per heavy atom. The lowest BCUT2D eigenvalue weighted by Crippen LogP contribution is -2.43. The van der Waals surface area contributed by atoms with Crippen LogP contribution in [0.15, 0.2) is 58.4 Å². The van der Waals surface area contributed by atoms with Crippen LogP contribution in [-0.4, -0.2) is 27.7 Å². The summed E-state index contributed by atoms with van der Waals surface area (Å²) >= 11 is 8.35. The summed E-state index contributed by atoms with van der Waals surface area (Å²) in [5.41, 5.74) is -0.105. The first-order valence-electron chi connectivity index (χ1n) is 9.17. The first-order valence-corrected chi connectivity index (χ1v) is 11.4. The Hall–Kier alpha value is -2.55. The van der Waals surface area contributed by atoms with Gasteiger partial charge in [0.25, 0.3) is 0 Å². The van der Waals surface area contributed by atoms with Crippen molar-refractivity contribution in [3.63, 3.8) is 0 Å². The number of aromatic nitrogens is 1. The number of aromatic amines is 1. The van der Waals surface area contributed by atoms with Crippen molar-refractivity contribution in [3.05, 3.63) is 73.7 Å². The normalized spacial score (nSPS) is 23.2. The summed E-state index contributed by atoms with van der Waals surface area (Å²) in [5.74, 6) is -0.893. The number of rotatable bonds is 2. The predicted molar refractivity (Wildman–Crippen MR) is 117 cm³/mol. The molecule has 5 rings (SSSR count). The third-order valence-electron chi connectivity index (χ3n) is 5.61. The largest absolute Gasteiger partial charge is 0.508 e. The number of aromatic hydroxyl groups is 1. The highest BCUT2D eigenvalue weighted by atomic mass is 35.5. The number of nitrogens with zero attached hydrogens (tertiary/aromatic N) is 1. The zero-order valence-corrected chi connectivity index (χ0v) is 17.8. The van der Waals surface area contributed by atoms with Crippen LogP contribution in [-0.2, 0) is 9.59 Å². The molecule has 1 spiro atoms. The van der Waals surface area contributed by atoms with Crippen molar-refractivity contribution >= 4 is 52.2 Å². The third kappa shape index (κ3) is 2.82. The number of hydrogen-bond acceptors (Lipinski definition) is 6. The maximum atomic E-state index is 13.8. The van der Waals surface area contributed by atoms with Gasteiger partial charge >= 0.3 is 4.87 Å². The molecule has 2 aliphatic heterocycles. The number of fused-ring (bicyclic) bond motifs is 1. The van der Waals surface area contributed by atoms with Crippen molar-refractivity contribution in [1.29, 1.82) is 0 Å². The highest BCUT2D eigenvalue weighted by Crippen LogP contribution is 2.58. The van der Waals surface area contributed by atoms with Crippen molar-refractivity contribution in [3.8, 4) is 5.75 Å². The number of carbonyl (C=O) groups is 2. The molecule has 30 heavy (non-hydrogen) atoms. The van der Waals surface area contributed by atoms with Gasteiger partial charge in [-0.2, -0.15) is 0 Å². The van der Waals surface area contributed by atoms with E-state index in [9.17, 15) is 19.5 Å². The molecule has 2 aromatic carbocycles. The van der Waals surface area contributed by atoms with E-state index in [4.69, 9.17) is 11.6 Å². The number of hydrogen-bond donors (Lipinski definition) is 2. The Morgan fingerprint density at radius 1 is 1.10 bits per heavy atom. The Bertz CT molecular complexity index is 1240. The van der Waals surface area contributed by atoms with Gasteiger partial charge in [-0.15, -0.1) is 11.8 Å². The van der Waals surface area contributed by atoms with Crippen LogP contribution >= 0.6 is 34.7 Å². The van der Waals surface area contributed by atoms with Gasteiger partial charge in [-0.25, -0.2) is 4.90 Å². The molecule has 1 aromatic heterocycles. The molecule has 2 atom stereocenters. The smallest absolute Gasteiger partial charge is 0.305 e. The molecule has 3 heterocycles. The van der Waals surface area contributed by atoms with Crippen LogP contribution in [0.4, 0.5) is 5.69 Å². The van der Waals surface area contributed by atoms with Gasteiger partial charge in [0.05, 0.1) is 16.1 Å². The number of nitrogens with one attached hydrogen (secondary N) is 1. The average molecular weight is 459 g/mol. The van der Waals surface area contributed by atoms with E-state index in [0.717, 1.165) is 11.3 Å². The van der Waals surface area contributed by atoms with Gasteiger partial charge in [0.2, 0.25) is 11.8 Å². The lowest BCUT2D eigenvalue weighted by Gasteiger charge is -2.38. The number of carbonyl (C=O) groups excluding carboxylic acids is 2. The summed E-state index contributed by atoms with van der Waals surface area (Å²) in [6.45, 7) is 0. The minimum Gasteiger partial charge on any atom is -0.508 e. The van der Waals surface area contributed by atoms with Crippen LogP contribution in [0.25, 0.3) is 0 Å². The van der Waals surface area contributed by atoms with Crippen molar-refractivity contribution in [1.82, 2.24) is 4.98 Å². The lowest BCUT2D eigenvalue weighted by molar-refractivity contribution is -0.125. The SMILES string of the molecule is O=C1C[C@]2(CSc3[nH]c(=O)sc3[C@H]2c2ccccc2O)C(=O)N1c1ccc(Cl)cc1. The number of amides is 2. The van der Waals surface area contributed by atoms with Crippen LogP contribution in [0.3, 0.4) is 0 Å². The number of thioether (sulfide) groups is 1. The number of phenolic OH excluding ortho intramolecular Hbond substituents is 1. The molecule has 0 radical (unpaired) electrons. The van der Waals surface area contributed by atoms with Crippen molar-refractivity contribution in [2.24, 2.45) is 5.41 Å². The summed E-state index contributed by atoms with van der Waals surface area (Å²) in [6, 6.07) is 13.3. The minimum atomic E-state index is -1.10. The van der Waals surface area contributed by atoms with E-state index < -0.39 is 11.3 Å². The molecule has 2 amide bonds. The highest BCUT2D eigenvalue weighted by Gasteiger charge is 2.60. The molecule has 1 saturated heterocycles. The molecule has 2 N–H and O–H groups in total. The summed E-state index contributed by atoms with van der Waals surface area (Å²) in [7, 11) is 0. The zero-order chi connectivity index (χ0) is 21.0. The maximum Gasteiger partial charge on any atom is 0.305 e. The monoisotopic (exact) mass is 458 g/mol. The van der Waals surface area contributed by atoms with Gasteiger partial charge in [0, 0.05) is 33.6 Å². The summed E-state index contributed by atoms with van der Waals surface area (Å²) in [5, 5.41) is 11.8. The number of anilines is 1.